The maximum Gasteiger partial charge on any atom is 0.237 e. The molecule has 2 rings (SSSR count). The van der Waals surface area contributed by atoms with E-state index in [1.807, 2.05) is 37.3 Å². The standard InChI is InChI=1S/C13H14N2O2/c1-3-11(9(2)16)13-14-12(15-17-13)10-7-5-4-6-8-10/h4-8,11H,3H2,1-2H3. The number of hydrogen-bond acceptors (Lipinski definition) is 4. The quantitative estimate of drug-likeness (QED) is 0.810. The number of hydrogen-bond donors (Lipinski definition) is 0. The molecule has 0 aliphatic carbocycles. The first-order valence-electron chi connectivity index (χ1n) is 5.62. The van der Waals surface area contributed by atoms with Gasteiger partial charge in [0.1, 0.15) is 5.78 Å². The zero-order chi connectivity index (χ0) is 12.3. The molecule has 1 heterocycles. The van der Waals surface area contributed by atoms with Crippen molar-refractivity contribution in [3.8, 4) is 11.4 Å². The maximum absolute atomic E-state index is 11.4. The molecule has 0 bridgehead atoms. The molecule has 0 N–H and O–H groups in total. The van der Waals surface area contributed by atoms with Crippen LogP contribution in [-0.2, 0) is 4.79 Å². The van der Waals surface area contributed by atoms with Crippen LogP contribution in [0.1, 0.15) is 32.1 Å². The van der Waals surface area contributed by atoms with Crippen molar-refractivity contribution in [3.63, 3.8) is 0 Å². The van der Waals surface area contributed by atoms with Gasteiger partial charge in [-0.3, -0.25) is 4.79 Å². The van der Waals surface area contributed by atoms with Gasteiger partial charge in [-0.25, -0.2) is 0 Å². The van der Waals surface area contributed by atoms with Crippen LogP contribution < -0.4 is 0 Å². The fraction of sp³-hybridized carbons (Fsp3) is 0.308. The van der Waals surface area contributed by atoms with Crippen LogP contribution in [0, 0.1) is 0 Å². The number of carbonyl (C=O) groups excluding carboxylic acids is 1. The predicted octanol–water partition coefficient (Wildman–Crippen LogP) is 2.82. The average molecular weight is 230 g/mol. The van der Waals surface area contributed by atoms with Crippen molar-refractivity contribution in [2.45, 2.75) is 26.2 Å². The zero-order valence-corrected chi connectivity index (χ0v) is 9.88. The van der Waals surface area contributed by atoms with E-state index in [9.17, 15) is 4.79 Å². The first-order valence-corrected chi connectivity index (χ1v) is 5.62. The Labute approximate surface area is 99.7 Å². The molecule has 0 saturated carbocycles. The van der Waals surface area contributed by atoms with Crippen LogP contribution in [0.15, 0.2) is 34.9 Å². The van der Waals surface area contributed by atoms with Gasteiger partial charge < -0.3 is 4.52 Å². The van der Waals surface area contributed by atoms with Crippen molar-refractivity contribution in [1.82, 2.24) is 10.1 Å². The third-order valence-corrected chi connectivity index (χ3v) is 2.67. The summed E-state index contributed by atoms with van der Waals surface area (Å²) in [5.41, 5.74) is 0.890. The normalized spacial score (nSPS) is 12.4. The van der Waals surface area contributed by atoms with Crippen molar-refractivity contribution >= 4 is 5.78 Å². The lowest BCUT2D eigenvalue weighted by Gasteiger charge is -2.03. The number of ketones is 1. The predicted molar refractivity (Wildman–Crippen MR) is 63.4 cm³/mol. The third-order valence-electron chi connectivity index (χ3n) is 2.67. The molecule has 0 radical (unpaired) electrons. The number of nitrogens with zero attached hydrogens (tertiary/aromatic N) is 2. The lowest BCUT2D eigenvalue weighted by molar-refractivity contribution is -0.119. The molecular formula is C13H14N2O2. The molecule has 17 heavy (non-hydrogen) atoms. The number of Topliss-reactive ketones (excluding diaryl/α,β-unsaturated/α-hetero) is 1. The van der Waals surface area contributed by atoms with Gasteiger partial charge in [-0.05, 0) is 13.3 Å². The molecule has 0 fully saturated rings. The average Bonchev–Trinajstić information content (AvgIpc) is 2.80. The Morgan fingerprint density at radius 2 is 2.06 bits per heavy atom. The number of aromatic nitrogens is 2. The summed E-state index contributed by atoms with van der Waals surface area (Å²) in [6, 6.07) is 9.56. The first-order chi connectivity index (χ1) is 8.22. The Bertz CT molecular complexity index is 505. The summed E-state index contributed by atoms with van der Waals surface area (Å²) in [4.78, 5) is 15.7. The first kappa shape index (κ1) is 11.5. The molecule has 1 aromatic heterocycles. The van der Waals surface area contributed by atoms with Crippen molar-refractivity contribution in [2.24, 2.45) is 0 Å². The SMILES string of the molecule is CCC(C(C)=O)c1nc(-c2ccccc2)no1. The molecule has 4 nitrogen and oxygen atoms in total. The van der Waals surface area contributed by atoms with Crippen LogP contribution in [0.25, 0.3) is 11.4 Å². The van der Waals surface area contributed by atoms with Gasteiger partial charge in [0.15, 0.2) is 0 Å². The molecule has 0 amide bonds. The van der Waals surface area contributed by atoms with Gasteiger partial charge in [-0.1, -0.05) is 42.4 Å². The van der Waals surface area contributed by atoms with Crippen LogP contribution in [0.5, 0.6) is 0 Å². The summed E-state index contributed by atoms with van der Waals surface area (Å²) < 4.78 is 5.15. The molecule has 0 aliphatic rings. The summed E-state index contributed by atoms with van der Waals surface area (Å²) in [7, 11) is 0. The summed E-state index contributed by atoms with van der Waals surface area (Å²) >= 11 is 0. The number of rotatable bonds is 4. The molecule has 0 spiro atoms. The van der Waals surface area contributed by atoms with E-state index in [2.05, 4.69) is 10.1 Å². The molecule has 0 saturated heterocycles. The van der Waals surface area contributed by atoms with Crippen LogP contribution in [0.4, 0.5) is 0 Å². The summed E-state index contributed by atoms with van der Waals surface area (Å²) in [5, 5.41) is 3.90. The molecule has 0 aliphatic heterocycles. The van der Waals surface area contributed by atoms with Gasteiger partial charge in [-0.2, -0.15) is 4.98 Å². The largest absolute Gasteiger partial charge is 0.338 e. The second-order valence-electron chi connectivity index (χ2n) is 3.89. The Morgan fingerprint density at radius 3 is 2.65 bits per heavy atom. The minimum Gasteiger partial charge on any atom is -0.338 e. The van der Waals surface area contributed by atoms with Gasteiger partial charge in [0, 0.05) is 5.56 Å². The minimum absolute atomic E-state index is 0.0516. The Balaban J connectivity index is 2.30. The molecule has 88 valence electrons. The van der Waals surface area contributed by atoms with Gasteiger partial charge in [0.2, 0.25) is 11.7 Å². The highest BCUT2D eigenvalue weighted by Crippen LogP contribution is 2.22. The van der Waals surface area contributed by atoms with E-state index in [0.29, 0.717) is 18.1 Å². The highest BCUT2D eigenvalue weighted by atomic mass is 16.5. The molecular weight excluding hydrogens is 216 g/mol. The van der Waals surface area contributed by atoms with Crippen LogP contribution in [0.3, 0.4) is 0 Å². The monoisotopic (exact) mass is 230 g/mol. The topological polar surface area (TPSA) is 56.0 Å². The molecule has 4 heteroatoms. The maximum atomic E-state index is 11.4. The van der Waals surface area contributed by atoms with Crippen LogP contribution in [0.2, 0.25) is 0 Å². The van der Waals surface area contributed by atoms with E-state index in [0.717, 1.165) is 5.56 Å². The highest BCUT2D eigenvalue weighted by molar-refractivity contribution is 5.82. The summed E-state index contributed by atoms with van der Waals surface area (Å²) in [6.45, 7) is 3.47. The van der Waals surface area contributed by atoms with E-state index in [4.69, 9.17) is 4.52 Å². The summed E-state index contributed by atoms with van der Waals surface area (Å²) in [6.07, 6.45) is 0.672. The van der Waals surface area contributed by atoms with E-state index in [-0.39, 0.29) is 11.7 Å². The smallest absolute Gasteiger partial charge is 0.237 e. The zero-order valence-electron chi connectivity index (χ0n) is 9.88. The van der Waals surface area contributed by atoms with E-state index in [1.165, 1.54) is 0 Å². The minimum atomic E-state index is -0.292. The van der Waals surface area contributed by atoms with E-state index in [1.54, 1.807) is 6.92 Å². The molecule has 1 atom stereocenters. The van der Waals surface area contributed by atoms with Crippen molar-refractivity contribution < 1.29 is 9.32 Å². The van der Waals surface area contributed by atoms with Gasteiger partial charge in [0.25, 0.3) is 0 Å². The Hall–Kier alpha value is -1.97. The van der Waals surface area contributed by atoms with E-state index < -0.39 is 0 Å². The highest BCUT2D eigenvalue weighted by Gasteiger charge is 2.21. The second kappa shape index (κ2) is 4.91. The number of carbonyl (C=O) groups is 1. The van der Waals surface area contributed by atoms with Crippen LogP contribution >= 0.6 is 0 Å². The molecule has 1 unspecified atom stereocenters. The molecule has 1 aromatic carbocycles. The second-order valence-corrected chi connectivity index (χ2v) is 3.89. The third kappa shape index (κ3) is 2.41. The number of benzene rings is 1. The van der Waals surface area contributed by atoms with E-state index >= 15 is 0 Å². The molecule has 2 aromatic rings. The lowest BCUT2D eigenvalue weighted by atomic mass is 10.0. The fourth-order valence-corrected chi connectivity index (χ4v) is 1.72. The lowest BCUT2D eigenvalue weighted by Crippen LogP contribution is -2.07. The van der Waals surface area contributed by atoms with Crippen molar-refractivity contribution in [3.05, 3.63) is 36.2 Å². The summed E-state index contributed by atoms with van der Waals surface area (Å²) in [5.74, 6) is 0.690. The fourth-order valence-electron chi connectivity index (χ4n) is 1.72. The van der Waals surface area contributed by atoms with Gasteiger partial charge >= 0.3 is 0 Å². The van der Waals surface area contributed by atoms with Gasteiger partial charge in [0.05, 0.1) is 5.92 Å². The van der Waals surface area contributed by atoms with Crippen LogP contribution in [-0.4, -0.2) is 15.9 Å². The van der Waals surface area contributed by atoms with Crippen molar-refractivity contribution in [1.29, 1.82) is 0 Å². The van der Waals surface area contributed by atoms with Gasteiger partial charge in [-0.15, -0.1) is 0 Å². The Kier molecular flexibility index (Phi) is 3.32. The Morgan fingerprint density at radius 1 is 1.35 bits per heavy atom. The van der Waals surface area contributed by atoms with Crippen molar-refractivity contribution in [2.75, 3.05) is 0 Å².